The molecule has 246 valence electrons. The molecule has 1 aliphatic heterocycles. The van der Waals surface area contributed by atoms with Crippen LogP contribution in [0.5, 0.6) is 0 Å². The molecule has 10 rings (SSSR count). The first-order valence-corrected chi connectivity index (χ1v) is 17.4. The number of aromatic nitrogens is 3. The smallest absolute Gasteiger partial charge is 0.256 e. The Bertz CT molecular complexity index is 2380. The van der Waals surface area contributed by atoms with Crippen molar-refractivity contribution in [2.45, 2.75) is 17.8 Å². The van der Waals surface area contributed by atoms with Gasteiger partial charge in [0.2, 0.25) is 0 Å². The molecule has 0 fully saturated rings. The van der Waals surface area contributed by atoms with Crippen LogP contribution in [-0.4, -0.2) is 15.0 Å². The van der Waals surface area contributed by atoms with Gasteiger partial charge in [0.25, 0.3) is 0 Å². The minimum atomic E-state index is -0.268. The summed E-state index contributed by atoms with van der Waals surface area (Å²) in [5.74, 6) is -0.803. The summed E-state index contributed by atoms with van der Waals surface area (Å²) in [6, 6.07) is 68.1. The van der Waals surface area contributed by atoms with Gasteiger partial charge in [-0.15, -0.1) is 67.2 Å². The van der Waals surface area contributed by atoms with E-state index in [0.29, 0.717) is 0 Å². The van der Waals surface area contributed by atoms with Crippen LogP contribution >= 0.6 is 0 Å². The van der Waals surface area contributed by atoms with Gasteiger partial charge in [0.1, 0.15) is 0 Å². The van der Waals surface area contributed by atoms with E-state index < -0.39 is 0 Å². The molecule has 9 aromatic rings. The second-order valence-electron chi connectivity index (χ2n) is 13.2. The molecule has 3 aromatic heterocycles. The zero-order valence-electron chi connectivity index (χ0n) is 28.0. The molecule has 0 amide bonds. The van der Waals surface area contributed by atoms with Crippen LogP contribution in [0.3, 0.4) is 0 Å². The van der Waals surface area contributed by atoms with E-state index in [0.717, 1.165) is 83.2 Å². The van der Waals surface area contributed by atoms with Crippen LogP contribution in [0.25, 0.3) is 32.3 Å². The van der Waals surface area contributed by atoms with Gasteiger partial charge in [-0.3, -0.25) is 15.0 Å². The molecule has 6 bridgehead atoms. The van der Waals surface area contributed by atoms with Gasteiger partial charge in [0, 0.05) is 17.8 Å². The minimum Gasteiger partial charge on any atom is -0.256 e. The summed E-state index contributed by atoms with van der Waals surface area (Å²) < 4.78 is 0. The topological polar surface area (TPSA) is 38.7 Å². The molecule has 0 unspecified atom stereocenters. The Hall–Kier alpha value is -5.80. The van der Waals surface area contributed by atoms with Gasteiger partial charge >= 0.3 is 20.1 Å². The van der Waals surface area contributed by atoms with Crippen molar-refractivity contribution < 1.29 is 20.1 Å². The summed E-state index contributed by atoms with van der Waals surface area (Å²) >= 11 is 0. The van der Waals surface area contributed by atoms with Crippen molar-refractivity contribution in [2.24, 2.45) is 0 Å². The van der Waals surface area contributed by atoms with Crippen molar-refractivity contribution in [2.75, 3.05) is 0 Å². The molecule has 0 atom stereocenters. The molecule has 0 spiro atoms. The Balaban J connectivity index is 0.00000360. The Morgan fingerprint density at radius 1 is 0.308 bits per heavy atom. The molecule has 6 aromatic carbocycles. The van der Waals surface area contributed by atoms with E-state index in [4.69, 9.17) is 15.0 Å². The second kappa shape index (κ2) is 13.4. The fourth-order valence-corrected chi connectivity index (χ4v) is 7.99. The zero-order valence-corrected chi connectivity index (χ0v) is 30.4. The minimum absolute atomic E-state index is 0. The first-order chi connectivity index (χ1) is 25.3. The molecule has 1 aliphatic rings. The molecule has 0 saturated heterocycles. The number of benzene rings is 6. The number of hydrogen-bond donors (Lipinski definition) is 0. The molecule has 52 heavy (non-hydrogen) atoms. The number of nitrogens with zero attached hydrogens (tertiary/aromatic N) is 3. The van der Waals surface area contributed by atoms with Crippen molar-refractivity contribution >= 4 is 32.3 Å². The fourth-order valence-electron chi connectivity index (χ4n) is 7.99. The zero-order chi connectivity index (χ0) is 33.7. The predicted molar refractivity (Wildman–Crippen MR) is 204 cm³/mol. The summed E-state index contributed by atoms with van der Waals surface area (Å²) in [7, 11) is 0. The second-order valence-corrected chi connectivity index (χ2v) is 13.2. The monoisotopic (exact) mass is 841 g/mol. The summed E-state index contributed by atoms with van der Waals surface area (Å²) in [6.45, 7) is 0. The average molecular weight is 841 g/mol. The molecule has 3 nitrogen and oxygen atoms in total. The quantitative estimate of drug-likeness (QED) is 0.166. The van der Waals surface area contributed by atoms with E-state index in [-0.39, 0.29) is 37.9 Å². The largest absolute Gasteiger partial charge is 3.00 e. The maximum Gasteiger partial charge on any atom is 3.00 e. The van der Waals surface area contributed by atoms with Crippen LogP contribution in [0.15, 0.2) is 164 Å². The van der Waals surface area contributed by atoms with Crippen LogP contribution in [0.4, 0.5) is 0 Å². The van der Waals surface area contributed by atoms with Crippen LogP contribution in [-0.2, 0) is 20.1 Å². The van der Waals surface area contributed by atoms with Crippen molar-refractivity contribution in [3.8, 4) is 0 Å². The molecular weight excluding hydrogens is 811 g/mol. The Kier molecular flexibility index (Phi) is 8.27. The van der Waals surface area contributed by atoms with Crippen LogP contribution in [0.2, 0.25) is 0 Å². The van der Waals surface area contributed by atoms with E-state index in [2.05, 4.69) is 164 Å². The van der Waals surface area contributed by atoms with E-state index in [9.17, 15) is 0 Å². The van der Waals surface area contributed by atoms with Gasteiger partial charge in [-0.05, 0) is 36.4 Å². The number of hydrogen-bond acceptors (Lipinski definition) is 3. The Morgan fingerprint density at radius 3 is 0.865 bits per heavy atom. The van der Waals surface area contributed by atoms with Gasteiger partial charge < -0.3 is 0 Å². The van der Waals surface area contributed by atoms with Gasteiger partial charge in [-0.2, -0.15) is 54.6 Å². The van der Waals surface area contributed by atoms with Crippen molar-refractivity contribution in [3.05, 3.63) is 233 Å². The van der Waals surface area contributed by atoms with Gasteiger partial charge in [0.15, 0.2) is 0 Å². The van der Waals surface area contributed by atoms with E-state index in [1.54, 1.807) is 0 Å². The van der Waals surface area contributed by atoms with E-state index in [1.807, 2.05) is 18.2 Å². The van der Waals surface area contributed by atoms with Crippen LogP contribution < -0.4 is 0 Å². The molecule has 4 heteroatoms. The first kappa shape index (κ1) is 32.1. The number of rotatable bonds is 3. The fraction of sp³-hybridized carbons (Fsp3) is 0.0625. The van der Waals surface area contributed by atoms with Gasteiger partial charge in [0.05, 0.1) is 34.2 Å². The standard InChI is InChI=1S/C48H30N3.Ir/c1-4-19-34-31(13-1)16-7-22-37(34)46-40-25-10-27-42(49-40)47(38-23-8-17-32-14-2-5-20-35(32)38)44-29-12-30-45(51-44)48(43-28-11-26-41(46)50-43)39-24-9-18-33-15-3-6-21-36(33)39;/h1-21,25-30,46-48H;/q-3;+3. The summed E-state index contributed by atoms with van der Waals surface area (Å²) in [6.07, 6.45) is 0. The Morgan fingerprint density at radius 2 is 0.577 bits per heavy atom. The van der Waals surface area contributed by atoms with E-state index in [1.165, 1.54) is 0 Å². The molecule has 0 aliphatic carbocycles. The average Bonchev–Trinajstić information content (AvgIpc) is 3.19. The molecular formula is C48H30IrN3. The van der Waals surface area contributed by atoms with Gasteiger partial charge in [-0.1, -0.05) is 72.8 Å². The summed E-state index contributed by atoms with van der Waals surface area (Å²) in [5, 5.41) is 6.91. The maximum atomic E-state index is 5.53. The first-order valence-electron chi connectivity index (χ1n) is 17.4. The summed E-state index contributed by atoms with van der Waals surface area (Å²) in [5.41, 5.74) is 8.66. The number of fused-ring (bicyclic) bond motifs is 9. The van der Waals surface area contributed by atoms with Crippen molar-refractivity contribution in [1.82, 2.24) is 15.0 Å². The molecule has 0 radical (unpaired) electrons. The third kappa shape index (κ3) is 5.43. The Labute approximate surface area is 316 Å². The SMILES string of the molecule is [Ir+3].[c-]1ccc2ccccc2c1C1c2cccc(n2)C(c2[c-]ccc3ccccc23)c2cccc(n2)C(c2[c-]ccc3ccccc23)c2cccc1n2. The van der Waals surface area contributed by atoms with Gasteiger partial charge in [-0.25, -0.2) is 0 Å². The molecule has 0 saturated carbocycles. The van der Waals surface area contributed by atoms with E-state index >= 15 is 0 Å². The third-order valence-corrected chi connectivity index (χ3v) is 10.3. The van der Waals surface area contributed by atoms with Crippen LogP contribution in [0.1, 0.15) is 68.6 Å². The summed E-state index contributed by atoms with van der Waals surface area (Å²) in [4.78, 5) is 16.6. The number of pyridine rings is 3. The predicted octanol–water partition coefficient (Wildman–Crippen LogP) is 10.6. The van der Waals surface area contributed by atoms with Crippen LogP contribution in [0, 0.1) is 18.2 Å². The van der Waals surface area contributed by atoms with Crippen molar-refractivity contribution in [1.29, 1.82) is 0 Å². The molecule has 0 N–H and O–H groups in total. The maximum absolute atomic E-state index is 5.53. The normalized spacial score (nSPS) is 16.5. The molecule has 4 heterocycles. The van der Waals surface area contributed by atoms with Crippen molar-refractivity contribution in [3.63, 3.8) is 0 Å². The third-order valence-electron chi connectivity index (χ3n) is 10.3.